The van der Waals surface area contributed by atoms with Crippen LogP contribution >= 0.6 is 0 Å². The van der Waals surface area contributed by atoms with Crippen molar-refractivity contribution in [2.45, 2.75) is 72.4 Å². The topological polar surface area (TPSA) is 51.0 Å². The van der Waals surface area contributed by atoms with Gasteiger partial charge >= 0.3 is 0 Å². The summed E-state index contributed by atoms with van der Waals surface area (Å²) in [6.07, 6.45) is 6.47. The zero-order valence-electron chi connectivity index (χ0n) is 12.7. The van der Waals surface area contributed by atoms with E-state index in [1.807, 2.05) is 6.92 Å². The Labute approximate surface area is 116 Å². The third-order valence-electron chi connectivity index (χ3n) is 4.86. The molecule has 4 heteroatoms. The van der Waals surface area contributed by atoms with Gasteiger partial charge in [0.25, 0.3) is 0 Å². The van der Waals surface area contributed by atoms with Crippen molar-refractivity contribution >= 4 is 0 Å². The molecule has 0 unspecified atom stereocenters. The van der Waals surface area contributed by atoms with E-state index in [0.29, 0.717) is 29.7 Å². The van der Waals surface area contributed by atoms with Crippen molar-refractivity contribution in [3.63, 3.8) is 0 Å². The summed E-state index contributed by atoms with van der Waals surface area (Å²) in [6.45, 7) is 9.68. The van der Waals surface area contributed by atoms with E-state index in [0.717, 1.165) is 5.92 Å². The average Bonchev–Trinajstić information content (AvgIpc) is 2.83. The third kappa shape index (κ3) is 3.78. The van der Waals surface area contributed by atoms with Crippen LogP contribution in [0, 0.1) is 18.3 Å². The molecular formula is C15H27N3O. The Morgan fingerprint density at radius 2 is 1.95 bits per heavy atom. The number of rotatable bonds is 5. The molecule has 1 heterocycles. The number of aromatic nitrogens is 2. The summed E-state index contributed by atoms with van der Waals surface area (Å²) < 4.78 is 5.12. The smallest absolute Gasteiger partial charge is 0.240 e. The molecular weight excluding hydrogens is 238 g/mol. The lowest BCUT2D eigenvalue weighted by molar-refractivity contribution is 0.136. The molecule has 0 saturated heterocycles. The van der Waals surface area contributed by atoms with Gasteiger partial charge in [0.05, 0.1) is 6.54 Å². The van der Waals surface area contributed by atoms with Crippen LogP contribution in [0.3, 0.4) is 0 Å². The third-order valence-corrected chi connectivity index (χ3v) is 4.86. The van der Waals surface area contributed by atoms with Gasteiger partial charge in [-0.15, -0.1) is 0 Å². The van der Waals surface area contributed by atoms with E-state index in [1.165, 1.54) is 32.1 Å². The van der Waals surface area contributed by atoms with Crippen molar-refractivity contribution in [2.24, 2.45) is 11.3 Å². The van der Waals surface area contributed by atoms with Gasteiger partial charge in [0.2, 0.25) is 5.89 Å². The lowest BCUT2D eigenvalue weighted by atomic mass is 9.69. The second kappa shape index (κ2) is 6.04. The quantitative estimate of drug-likeness (QED) is 0.885. The molecule has 19 heavy (non-hydrogen) atoms. The first-order valence-electron chi connectivity index (χ1n) is 7.54. The van der Waals surface area contributed by atoms with Gasteiger partial charge in [-0.2, -0.15) is 4.98 Å². The monoisotopic (exact) mass is 265 g/mol. The molecule has 108 valence electrons. The van der Waals surface area contributed by atoms with Crippen LogP contribution in [-0.4, -0.2) is 16.2 Å². The zero-order chi connectivity index (χ0) is 13.9. The summed E-state index contributed by atoms with van der Waals surface area (Å²) in [7, 11) is 0. The van der Waals surface area contributed by atoms with Gasteiger partial charge in [-0.3, -0.25) is 0 Å². The SMILES string of the molecule is CCC(C)(C)C1CCC(NCc2nc(C)no2)CC1. The Morgan fingerprint density at radius 1 is 1.26 bits per heavy atom. The maximum atomic E-state index is 5.12. The Morgan fingerprint density at radius 3 is 2.47 bits per heavy atom. The molecule has 1 aliphatic carbocycles. The summed E-state index contributed by atoms with van der Waals surface area (Å²) in [5.41, 5.74) is 0.495. The molecule has 1 aromatic heterocycles. The molecule has 1 N–H and O–H groups in total. The largest absolute Gasteiger partial charge is 0.338 e. The molecule has 1 aliphatic rings. The van der Waals surface area contributed by atoms with E-state index in [9.17, 15) is 0 Å². The van der Waals surface area contributed by atoms with Gasteiger partial charge in [0, 0.05) is 6.04 Å². The predicted molar refractivity (Wildman–Crippen MR) is 75.7 cm³/mol. The molecule has 1 aromatic rings. The molecule has 0 radical (unpaired) electrons. The highest BCUT2D eigenvalue weighted by Crippen LogP contribution is 2.40. The minimum atomic E-state index is 0.495. The minimum Gasteiger partial charge on any atom is -0.338 e. The van der Waals surface area contributed by atoms with Crippen LogP contribution in [0.1, 0.15) is 64.6 Å². The first kappa shape index (κ1) is 14.5. The summed E-state index contributed by atoms with van der Waals surface area (Å²) in [4.78, 5) is 4.22. The fraction of sp³-hybridized carbons (Fsp3) is 0.867. The molecule has 1 saturated carbocycles. The Kier molecular flexibility index (Phi) is 4.61. The molecule has 0 atom stereocenters. The van der Waals surface area contributed by atoms with Crippen LogP contribution < -0.4 is 5.32 Å². The molecule has 4 nitrogen and oxygen atoms in total. The van der Waals surface area contributed by atoms with Gasteiger partial charge in [0.15, 0.2) is 5.82 Å². The van der Waals surface area contributed by atoms with E-state index in [1.54, 1.807) is 0 Å². The molecule has 0 spiro atoms. The number of nitrogens with zero attached hydrogens (tertiary/aromatic N) is 2. The van der Waals surface area contributed by atoms with Crippen molar-refractivity contribution in [3.8, 4) is 0 Å². The number of hydrogen-bond acceptors (Lipinski definition) is 4. The van der Waals surface area contributed by atoms with Gasteiger partial charge in [-0.25, -0.2) is 0 Å². The summed E-state index contributed by atoms with van der Waals surface area (Å²) in [6, 6.07) is 0.608. The van der Waals surface area contributed by atoms with Gasteiger partial charge < -0.3 is 9.84 Å². The maximum Gasteiger partial charge on any atom is 0.240 e. The van der Waals surface area contributed by atoms with Crippen LogP contribution in [0.2, 0.25) is 0 Å². The van der Waals surface area contributed by atoms with E-state index >= 15 is 0 Å². The molecule has 0 bridgehead atoms. The predicted octanol–water partition coefficient (Wildman–Crippen LogP) is 3.46. The van der Waals surface area contributed by atoms with Crippen LogP contribution in [0.5, 0.6) is 0 Å². The van der Waals surface area contributed by atoms with Crippen molar-refractivity contribution in [2.75, 3.05) is 0 Å². The number of nitrogens with one attached hydrogen (secondary N) is 1. The highest BCUT2D eigenvalue weighted by molar-refractivity contribution is 4.87. The highest BCUT2D eigenvalue weighted by Gasteiger charge is 2.31. The lowest BCUT2D eigenvalue weighted by Gasteiger charge is -2.39. The van der Waals surface area contributed by atoms with Crippen molar-refractivity contribution in [1.82, 2.24) is 15.5 Å². The van der Waals surface area contributed by atoms with Crippen LogP contribution in [0.25, 0.3) is 0 Å². The lowest BCUT2D eigenvalue weighted by Crippen LogP contribution is -2.36. The van der Waals surface area contributed by atoms with Crippen LogP contribution in [-0.2, 0) is 6.54 Å². The number of hydrogen-bond donors (Lipinski definition) is 1. The van der Waals surface area contributed by atoms with E-state index in [4.69, 9.17) is 4.52 Å². The first-order chi connectivity index (χ1) is 9.01. The second-order valence-corrected chi connectivity index (χ2v) is 6.51. The van der Waals surface area contributed by atoms with Gasteiger partial charge in [-0.1, -0.05) is 32.3 Å². The molecule has 1 fully saturated rings. The average molecular weight is 265 g/mol. The van der Waals surface area contributed by atoms with E-state index in [2.05, 4.69) is 36.2 Å². The van der Waals surface area contributed by atoms with Crippen molar-refractivity contribution in [1.29, 1.82) is 0 Å². The van der Waals surface area contributed by atoms with Crippen molar-refractivity contribution < 1.29 is 4.52 Å². The molecule has 0 amide bonds. The van der Waals surface area contributed by atoms with E-state index in [-0.39, 0.29) is 0 Å². The highest BCUT2D eigenvalue weighted by atomic mass is 16.5. The first-order valence-corrected chi connectivity index (χ1v) is 7.54. The molecule has 0 aromatic carbocycles. The summed E-state index contributed by atoms with van der Waals surface area (Å²) >= 11 is 0. The van der Waals surface area contributed by atoms with Gasteiger partial charge in [0.1, 0.15) is 0 Å². The normalized spacial score (nSPS) is 24.6. The van der Waals surface area contributed by atoms with E-state index < -0.39 is 0 Å². The number of aryl methyl sites for hydroxylation is 1. The molecule has 2 rings (SSSR count). The minimum absolute atomic E-state index is 0.495. The van der Waals surface area contributed by atoms with Crippen LogP contribution in [0.15, 0.2) is 4.52 Å². The van der Waals surface area contributed by atoms with Crippen molar-refractivity contribution in [3.05, 3.63) is 11.7 Å². The standard InChI is InChI=1S/C15H27N3O/c1-5-15(3,4)12-6-8-13(9-7-12)16-10-14-17-11(2)18-19-14/h12-13,16H,5-10H2,1-4H3. The molecule has 0 aliphatic heterocycles. The summed E-state index contributed by atoms with van der Waals surface area (Å²) in [5.74, 6) is 2.29. The zero-order valence-corrected chi connectivity index (χ0v) is 12.7. The van der Waals surface area contributed by atoms with Gasteiger partial charge in [-0.05, 0) is 43.9 Å². The second-order valence-electron chi connectivity index (χ2n) is 6.51. The summed E-state index contributed by atoms with van der Waals surface area (Å²) in [5, 5.41) is 7.35. The fourth-order valence-electron chi connectivity index (χ4n) is 3.01. The maximum absolute atomic E-state index is 5.12. The Hall–Kier alpha value is -0.900. The Balaban J connectivity index is 1.74. The van der Waals surface area contributed by atoms with Crippen LogP contribution in [0.4, 0.5) is 0 Å². The fourth-order valence-corrected chi connectivity index (χ4v) is 3.01. The Bertz CT molecular complexity index is 392.